The van der Waals surface area contributed by atoms with Gasteiger partial charge in [0.15, 0.2) is 0 Å². The Hall–Kier alpha value is -0.560. The molecule has 1 unspecified atom stereocenters. The maximum atomic E-state index is 5.82. The molecule has 0 aliphatic heterocycles. The van der Waals surface area contributed by atoms with Crippen molar-refractivity contribution in [2.24, 2.45) is 0 Å². The highest BCUT2D eigenvalue weighted by Crippen LogP contribution is 2.06. The van der Waals surface area contributed by atoms with Crippen molar-refractivity contribution in [2.75, 3.05) is 0 Å². The molecule has 0 radical (unpaired) electrons. The van der Waals surface area contributed by atoms with E-state index in [0.717, 1.165) is 12.1 Å². The van der Waals surface area contributed by atoms with Gasteiger partial charge in [-0.1, -0.05) is 0 Å². The highest BCUT2D eigenvalue weighted by molar-refractivity contribution is 6.20. The van der Waals surface area contributed by atoms with Crippen LogP contribution in [0.4, 0.5) is 0 Å². The summed E-state index contributed by atoms with van der Waals surface area (Å²) in [4.78, 5) is 4.20. The molecule has 0 amide bonds. The van der Waals surface area contributed by atoms with Gasteiger partial charge in [-0.3, -0.25) is 4.98 Å². The first-order chi connectivity index (χ1) is 5.18. The van der Waals surface area contributed by atoms with E-state index in [-0.39, 0.29) is 5.38 Å². The summed E-state index contributed by atoms with van der Waals surface area (Å²) in [6.45, 7) is 4.04. The van der Waals surface area contributed by atoms with Gasteiger partial charge in [-0.25, -0.2) is 0 Å². The van der Waals surface area contributed by atoms with Gasteiger partial charge >= 0.3 is 0 Å². The molecule has 0 N–H and O–H groups in total. The minimum Gasteiger partial charge on any atom is -0.261 e. The Labute approximate surface area is 72.4 Å². The predicted octanol–water partition coefficient (Wildman–Crippen LogP) is 2.56. The number of pyridine rings is 1. The molecule has 1 rings (SSSR count). The first-order valence-corrected chi connectivity index (χ1v) is 4.17. The van der Waals surface area contributed by atoms with Crippen molar-refractivity contribution < 1.29 is 0 Å². The van der Waals surface area contributed by atoms with Gasteiger partial charge in [0.1, 0.15) is 0 Å². The van der Waals surface area contributed by atoms with Gasteiger partial charge in [-0.05, 0) is 31.5 Å². The Morgan fingerprint density at radius 3 is 2.91 bits per heavy atom. The molecule has 60 valence electrons. The fourth-order valence-corrected chi connectivity index (χ4v) is 1.16. The van der Waals surface area contributed by atoms with Gasteiger partial charge in [0.05, 0.1) is 0 Å². The van der Waals surface area contributed by atoms with Crippen LogP contribution in [0.5, 0.6) is 0 Å². The fraction of sp³-hybridized carbons (Fsp3) is 0.444. The van der Waals surface area contributed by atoms with E-state index in [0.29, 0.717) is 0 Å². The zero-order valence-electron chi connectivity index (χ0n) is 6.84. The van der Waals surface area contributed by atoms with E-state index in [1.165, 1.54) is 5.56 Å². The first kappa shape index (κ1) is 8.54. The summed E-state index contributed by atoms with van der Waals surface area (Å²) in [6, 6.07) is 4.06. The van der Waals surface area contributed by atoms with Gasteiger partial charge in [0.2, 0.25) is 0 Å². The number of rotatable bonds is 2. The third kappa shape index (κ3) is 2.89. The smallest absolute Gasteiger partial charge is 0.0420 e. The largest absolute Gasteiger partial charge is 0.261 e. The SMILES string of the molecule is Cc1ccnc(CC(C)Cl)c1. The van der Waals surface area contributed by atoms with E-state index in [9.17, 15) is 0 Å². The zero-order valence-corrected chi connectivity index (χ0v) is 7.60. The third-order valence-corrected chi connectivity index (χ3v) is 1.62. The van der Waals surface area contributed by atoms with Gasteiger partial charge in [-0.15, -0.1) is 11.6 Å². The Morgan fingerprint density at radius 2 is 2.36 bits per heavy atom. The molecule has 0 aliphatic rings. The van der Waals surface area contributed by atoms with Gasteiger partial charge in [-0.2, -0.15) is 0 Å². The number of nitrogens with zero attached hydrogens (tertiary/aromatic N) is 1. The minimum atomic E-state index is 0.171. The quantitative estimate of drug-likeness (QED) is 0.621. The third-order valence-electron chi connectivity index (χ3n) is 1.46. The van der Waals surface area contributed by atoms with E-state index in [4.69, 9.17) is 11.6 Å². The monoisotopic (exact) mass is 169 g/mol. The molecule has 2 heteroatoms. The van der Waals surface area contributed by atoms with Crippen LogP contribution in [-0.4, -0.2) is 10.4 Å². The number of aromatic nitrogens is 1. The summed E-state index contributed by atoms with van der Waals surface area (Å²) in [5.74, 6) is 0. The second-order valence-corrected chi connectivity index (χ2v) is 3.55. The molecular weight excluding hydrogens is 158 g/mol. The summed E-state index contributed by atoms with van der Waals surface area (Å²) in [5, 5.41) is 0.171. The van der Waals surface area contributed by atoms with Gasteiger partial charge in [0, 0.05) is 23.7 Å². The van der Waals surface area contributed by atoms with Crippen molar-refractivity contribution >= 4 is 11.6 Å². The Bertz CT molecular complexity index is 233. The topological polar surface area (TPSA) is 12.9 Å². The van der Waals surface area contributed by atoms with Crippen molar-refractivity contribution in [1.82, 2.24) is 4.98 Å². The van der Waals surface area contributed by atoms with Crippen LogP contribution >= 0.6 is 11.6 Å². The maximum absolute atomic E-state index is 5.82. The Balaban J connectivity index is 2.71. The Morgan fingerprint density at radius 1 is 1.64 bits per heavy atom. The van der Waals surface area contributed by atoms with E-state index < -0.39 is 0 Å². The molecule has 0 aromatic carbocycles. The fourth-order valence-electron chi connectivity index (χ4n) is 0.999. The summed E-state index contributed by atoms with van der Waals surface area (Å²) in [6.07, 6.45) is 2.67. The molecule has 1 aromatic rings. The molecule has 1 heterocycles. The number of hydrogen-bond acceptors (Lipinski definition) is 1. The lowest BCUT2D eigenvalue weighted by molar-refractivity contribution is 0.888. The van der Waals surface area contributed by atoms with Crippen molar-refractivity contribution in [2.45, 2.75) is 25.6 Å². The summed E-state index contributed by atoms with van der Waals surface area (Å²) in [7, 11) is 0. The van der Waals surface area contributed by atoms with E-state index in [1.54, 1.807) is 0 Å². The summed E-state index contributed by atoms with van der Waals surface area (Å²) >= 11 is 5.82. The number of aryl methyl sites for hydroxylation is 1. The molecule has 0 fully saturated rings. The lowest BCUT2D eigenvalue weighted by Crippen LogP contribution is -1.99. The van der Waals surface area contributed by atoms with E-state index in [1.807, 2.05) is 19.2 Å². The van der Waals surface area contributed by atoms with E-state index >= 15 is 0 Å². The van der Waals surface area contributed by atoms with Crippen molar-refractivity contribution in [3.05, 3.63) is 29.6 Å². The highest BCUT2D eigenvalue weighted by Gasteiger charge is 1.99. The molecule has 1 atom stereocenters. The normalized spacial score (nSPS) is 13.0. The van der Waals surface area contributed by atoms with Crippen LogP contribution in [0.1, 0.15) is 18.2 Å². The molecule has 1 aromatic heterocycles. The van der Waals surface area contributed by atoms with Crippen LogP contribution < -0.4 is 0 Å². The zero-order chi connectivity index (χ0) is 8.27. The molecule has 1 nitrogen and oxygen atoms in total. The second kappa shape index (κ2) is 3.72. The standard InChI is InChI=1S/C9H12ClN/c1-7-3-4-11-9(5-7)6-8(2)10/h3-5,8H,6H2,1-2H3. The van der Waals surface area contributed by atoms with Crippen LogP contribution in [-0.2, 0) is 6.42 Å². The Kier molecular flexibility index (Phi) is 2.89. The van der Waals surface area contributed by atoms with Gasteiger partial charge < -0.3 is 0 Å². The average molecular weight is 170 g/mol. The first-order valence-electron chi connectivity index (χ1n) is 3.74. The second-order valence-electron chi connectivity index (χ2n) is 2.81. The lowest BCUT2D eigenvalue weighted by atomic mass is 10.2. The van der Waals surface area contributed by atoms with Gasteiger partial charge in [0.25, 0.3) is 0 Å². The van der Waals surface area contributed by atoms with Crippen molar-refractivity contribution in [3.63, 3.8) is 0 Å². The number of alkyl halides is 1. The van der Waals surface area contributed by atoms with Crippen LogP contribution in [0.15, 0.2) is 18.3 Å². The predicted molar refractivity (Wildman–Crippen MR) is 48.0 cm³/mol. The lowest BCUT2D eigenvalue weighted by Gasteiger charge is -2.01. The minimum absolute atomic E-state index is 0.171. The van der Waals surface area contributed by atoms with Crippen LogP contribution in [0.3, 0.4) is 0 Å². The average Bonchev–Trinajstić information content (AvgIpc) is 1.85. The molecule has 0 spiro atoms. The highest BCUT2D eigenvalue weighted by atomic mass is 35.5. The molecule has 11 heavy (non-hydrogen) atoms. The summed E-state index contributed by atoms with van der Waals surface area (Å²) in [5.41, 5.74) is 2.32. The van der Waals surface area contributed by atoms with Crippen LogP contribution in [0.25, 0.3) is 0 Å². The summed E-state index contributed by atoms with van der Waals surface area (Å²) < 4.78 is 0. The molecule has 0 saturated carbocycles. The number of hydrogen-bond donors (Lipinski definition) is 0. The van der Waals surface area contributed by atoms with Crippen molar-refractivity contribution in [1.29, 1.82) is 0 Å². The van der Waals surface area contributed by atoms with Crippen LogP contribution in [0, 0.1) is 6.92 Å². The molecule has 0 bridgehead atoms. The maximum Gasteiger partial charge on any atom is 0.0420 e. The van der Waals surface area contributed by atoms with Crippen LogP contribution in [0.2, 0.25) is 0 Å². The van der Waals surface area contributed by atoms with E-state index in [2.05, 4.69) is 18.0 Å². The molecule has 0 saturated heterocycles. The van der Waals surface area contributed by atoms with Crippen molar-refractivity contribution in [3.8, 4) is 0 Å². The molecular formula is C9H12ClN. The number of halogens is 1. The molecule has 0 aliphatic carbocycles.